The number of nitrogens with one attached hydrogen (secondary N) is 1. The summed E-state index contributed by atoms with van der Waals surface area (Å²) in [4.78, 5) is 24.1. The number of rotatable bonds is 6. The van der Waals surface area contributed by atoms with E-state index in [-0.39, 0.29) is 17.6 Å². The molecule has 0 saturated carbocycles. The quantitative estimate of drug-likeness (QED) is 0.856. The number of amides is 1. The smallest absolute Gasteiger partial charge is 0.274 e. The number of hydrogen-bond donors (Lipinski definition) is 1. The zero-order valence-corrected chi connectivity index (χ0v) is 14.5. The van der Waals surface area contributed by atoms with Crippen LogP contribution in [0.3, 0.4) is 0 Å². The molecule has 1 aliphatic rings. The van der Waals surface area contributed by atoms with Crippen LogP contribution < -0.4 is 10.9 Å². The van der Waals surface area contributed by atoms with Crippen molar-refractivity contribution >= 4 is 28.4 Å². The van der Waals surface area contributed by atoms with E-state index < -0.39 is 0 Å². The Morgan fingerprint density at radius 1 is 1.42 bits per heavy atom. The molecule has 6 nitrogen and oxygen atoms in total. The molecule has 1 atom stereocenters. The second kappa shape index (κ2) is 7.81. The summed E-state index contributed by atoms with van der Waals surface area (Å²) in [6, 6.07) is 7.33. The summed E-state index contributed by atoms with van der Waals surface area (Å²) in [6.45, 7) is 1.15. The third kappa shape index (κ3) is 3.96. The van der Waals surface area contributed by atoms with Gasteiger partial charge in [0.25, 0.3) is 5.56 Å². The molecule has 1 amide bonds. The van der Waals surface area contributed by atoms with Crippen LogP contribution in [0, 0.1) is 0 Å². The molecule has 1 saturated heterocycles. The Bertz CT molecular complexity index is 784. The van der Waals surface area contributed by atoms with Gasteiger partial charge in [-0.15, -0.1) is 11.8 Å². The molecule has 0 spiro atoms. The first-order valence-corrected chi connectivity index (χ1v) is 9.21. The fourth-order valence-corrected chi connectivity index (χ4v) is 3.73. The Kier molecular flexibility index (Phi) is 5.52. The van der Waals surface area contributed by atoms with Crippen molar-refractivity contribution in [1.82, 2.24) is 15.1 Å². The molecule has 1 aromatic carbocycles. The van der Waals surface area contributed by atoms with Gasteiger partial charge < -0.3 is 10.1 Å². The van der Waals surface area contributed by atoms with Crippen LogP contribution in [-0.2, 0) is 23.1 Å². The highest BCUT2D eigenvalue weighted by molar-refractivity contribution is 7.99. The number of benzene rings is 1. The average Bonchev–Trinajstić information content (AvgIpc) is 3.10. The SMILES string of the molecule is Cn1nc(CNC(=O)CSCC2CCCO2)c2ccccc2c1=O. The number of carbonyl (C=O) groups excluding carboxylic acids is 1. The third-order valence-electron chi connectivity index (χ3n) is 4.05. The van der Waals surface area contributed by atoms with Crippen LogP contribution in [0.25, 0.3) is 10.8 Å². The maximum atomic E-state index is 12.1. The van der Waals surface area contributed by atoms with Crippen molar-refractivity contribution in [2.75, 3.05) is 18.1 Å². The first kappa shape index (κ1) is 17.0. The summed E-state index contributed by atoms with van der Waals surface area (Å²) in [5, 5.41) is 8.57. The number of ether oxygens (including phenoxy) is 1. The van der Waals surface area contributed by atoms with Gasteiger partial charge in [0.1, 0.15) is 0 Å². The number of thioether (sulfide) groups is 1. The van der Waals surface area contributed by atoms with Crippen molar-refractivity contribution in [2.24, 2.45) is 7.05 Å². The van der Waals surface area contributed by atoms with Crippen molar-refractivity contribution in [1.29, 1.82) is 0 Å². The average molecular weight is 347 g/mol. The van der Waals surface area contributed by atoms with Crippen molar-refractivity contribution in [3.63, 3.8) is 0 Å². The molecule has 1 aromatic heterocycles. The number of hydrogen-bond acceptors (Lipinski definition) is 5. The number of fused-ring (bicyclic) bond motifs is 1. The molecule has 24 heavy (non-hydrogen) atoms. The molecule has 2 heterocycles. The van der Waals surface area contributed by atoms with Crippen LogP contribution in [0.4, 0.5) is 0 Å². The standard InChI is InChI=1S/C17H21N3O3S/c1-20-17(22)14-7-3-2-6-13(14)15(19-20)9-18-16(21)11-24-10-12-5-4-8-23-12/h2-3,6-7,12H,4-5,8-11H2,1H3,(H,18,21). The van der Waals surface area contributed by atoms with Gasteiger partial charge in [-0.3, -0.25) is 9.59 Å². The normalized spacial score (nSPS) is 17.3. The minimum Gasteiger partial charge on any atom is -0.377 e. The Morgan fingerprint density at radius 2 is 2.21 bits per heavy atom. The first-order valence-electron chi connectivity index (χ1n) is 8.06. The van der Waals surface area contributed by atoms with Gasteiger partial charge in [-0.2, -0.15) is 5.10 Å². The lowest BCUT2D eigenvalue weighted by molar-refractivity contribution is -0.118. The molecule has 7 heteroatoms. The Morgan fingerprint density at radius 3 is 2.96 bits per heavy atom. The minimum atomic E-state index is -0.132. The fraction of sp³-hybridized carbons (Fsp3) is 0.471. The van der Waals surface area contributed by atoms with Crippen molar-refractivity contribution < 1.29 is 9.53 Å². The molecule has 3 rings (SSSR count). The van der Waals surface area contributed by atoms with E-state index in [0.29, 0.717) is 23.4 Å². The maximum Gasteiger partial charge on any atom is 0.274 e. The number of carbonyl (C=O) groups is 1. The van der Waals surface area contributed by atoms with E-state index in [9.17, 15) is 9.59 Å². The lowest BCUT2D eigenvalue weighted by atomic mass is 10.1. The van der Waals surface area contributed by atoms with E-state index >= 15 is 0 Å². The van der Waals surface area contributed by atoms with Gasteiger partial charge in [-0.25, -0.2) is 4.68 Å². The van der Waals surface area contributed by atoms with Gasteiger partial charge in [0, 0.05) is 24.8 Å². The summed E-state index contributed by atoms with van der Waals surface area (Å²) in [5.41, 5.74) is 0.568. The highest BCUT2D eigenvalue weighted by Gasteiger charge is 2.16. The van der Waals surface area contributed by atoms with E-state index in [1.54, 1.807) is 24.9 Å². The van der Waals surface area contributed by atoms with Crippen LogP contribution in [0.5, 0.6) is 0 Å². The van der Waals surface area contributed by atoms with Crippen molar-refractivity contribution in [3.8, 4) is 0 Å². The van der Waals surface area contributed by atoms with E-state index in [2.05, 4.69) is 10.4 Å². The van der Waals surface area contributed by atoms with Crippen molar-refractivity contribution in [2.45, 2.75) is 25.5 Å². The molecular weight excluding hydrogens is 326 g/mol. The Labute approximate surface area is 144 Å². The number of nitrogens with zero attached hydrogens (tertiary/aromatic N) is 2. The van der Waals surface area contributed by atoms with Crippen molar-refractivity contribution in [3.05, 3.63) is 40.3 Å². The molecule has 0 radical (unpaired) electrons. The second-order valence-corrected chi connectivity index (χ2v) is 6.88. The topological polar surface area (TPSA) is 73.2 Å². The van der Waals surface area contributed by atoms with Gasteiger partial charge in [0.05, 0.1) is 29.5 Å². The predicted octanol–water partition coefficient (Wildman–Crippen LogP) is 1.46. The molecule has 0 bridgehead atoms. The van der Waals surface area contributed by atoms with E-state index in [1.807, 2.05) is 18.2 Å². The van der Waals surface area contributed by atoms with E-state index in [1.165, 1.54) is 4.68 Å². The number of aryl methyl sites for hydroxylation is 1. The Hall–Kier alpha value is -1.86. The molecule has 0 aliphatic carbocycles. The molecule has 1 fully saturated rings. The van der Waals surface area contributed by atoms with E-state index in [4.69, 9.17) is 4.74 Å². The second-order valence-electron chi connectivity index (χ2n) is 5.85. The number of aromatic nitrogens is 2. The predicted molar refractivity (Wildman–Crippen MR) is 95.1 cm³/mol. The van der Waals surface area contributed by atoms with Gasteiger partial charge in [0.15, 0.2) is 0 Å². The van der Waals surface area contributed by atoms with Gasteiger partial charge in [-0.05, 0) is 18.9 Å². The summed E-state index contributed by atoms with van der Waals surface area (Å²) in [7, 11) is 1.62. The minimum absolute atomic E-state index is 0.0299. The highest BCUT2D eigenvalue weighted by Crippen LogP contribution is 2.17. The fourth-order valence-electron chi connectivity index (χ4n) is 2.80. The zero-order chi connectivity index (χ0) is 16.9. The van der Waals surface area contributed by atoms with Crippen LogP contribution in [0.1, 0.15) is 18.5 Å². The summed E-state index contributed by atoms with van der Waals surface area (Å²) in [5.74, 6) is 1.23. The Balaban J connectivity index is 1.58. The molecule has 1 aliphatic heterocycles. The third-order valence-corrected chi connectivity index (χ3v) is 5.12. The van der Waals surface area contributed by atoms with Crippen LogP contribution >= 0.6 is 11.8 Å². The molecule has 2 aromatic rings. The van der Waals surface area contributed by atoms with E-state index in [0.717, 1.165) is 30.6 Å². The molecular formula is C17H21N3O3S. The molecule has 1 N–H and O–H groups in total. The summed E-state index contributed by atoms with van der Waals surface area (Å²) in [6.07, 6.45) is 2.49. The monoisotopic (exact) mass is 347 g/mol. The highest BCUT2D eigenvalue weighted by atomic mass is 32.2. The van der Waals surface area contributed by atoms with Gasteiger partial charge in [0.2, 0.25) is 5.91 Å². The molecule has 1 unspecified atom stereocenters. The first-order chi connectivity index (χ1) is 11.6. The maximum absolute atomic E-state index is 12.1. The van der Waals surface area contributed by atoms with Gasteiger partial charge >= 0.3 is 0 Å². The van der Waals surface area contributed by atoms with Crippen LogP contribution in [0.15, 0.2) is 29.1 Å². The zero-order valence-electron chi connectivity index (χ0n) is 13.7. The molecule has 128 valence electrons. The van der Waals surface area contributed by atoms with Crippen LogP contribution in [0.2, 0.25) is 0 Å². The van der Waals surface area contributed by atoms with Crippen LogP contribution in [-0.4, -0.2) is 39.9 Å². The lowest BCUT2D eigenvalue weighted by Crippen LogP contribution is -2.28. The lowest BCUT2D eigenvalue weighted by Gasteiger charge is -2.10. The largest absolute Gasteiger partial charge is 0.377 e. The summed E-state index contributed by atoms with van der Waals surface area (Å²) < 4.78 is 6.86. The summed E-state index contributed by atoms with van der Waals surface area (Å²) >= 11 is 1.59. The van der Waals surface area contributed by atoms with Gasteiger partial charge in [-0.1, -0.05) is 18.2 Å².